The fourth-order valence-corrected chi connectivity index (χ4v) is 1.98. The molecule has 0 aliphatic rings. The largest absolute Gasteiger partial charge is 0.456 e. The highest BCUT2D eigenvalue weighted by molar-refractivity contribution is 9.10. The Morgan fingerprint density at radius 3 is 2.60 bits per heavy atom. The van der Waals surface area contributed by atoms with Gasteiger partial charge in [-0.1, -0.05) is 22.0 Å². The number of ether oxygens (including phenoxy) is 1. The number of nitro benzene ring substituents is 1. The molecular weight excluding hydrogens is 326 g/mol. The third kappa shape index (κ3) is 3.03. The minimum Gasteiger partial charge on any atom is -0.456 e. The fraction of sp³-hybridized carbons (Fsp3) is 0.0714. The first-order valence-electron chi connectivity index (χ1n) is 5.69. The van der Waals surface area contributed by atoms with Gasteiger partial charge in [0.25, 0.3) is 5.69 Å². The van der Waals surface area contributed by atoms with E-state index in [4.69, 9.17) is 4.74 Å². The summed E-state index contributed by atoms with van der Waals surface area (Å²) in [5.74, 6) is 0.864. The molecule has 0 aromatic heterocycles. The second-order valence-electron chi connectivity index (χ2n) is 4.11. The van der Waals surface area contributed by atoms with Crippen LogP contribution in [0.15, 0.2) is 40.9 Å². The van der Waals surface area contributed by atoms with E-state index in [1.165, 1.54) is 18.2 Å². The van der Waals surface area contributed by atoms with Crippen molar-refractivity contribution in [1.29, 1.82) is 0 Å². The molecule has 2 aromatic carbocycles. The lowest BCUT2D eigenvalue weighted by atomic mass is 10.2. The Balaban J connectivity index is 2.40. The molecule has 2 rings (SSSR count). The monoisotopic (exact) mass is 335 g/mol. The predicted octanol–water partition coefficient (Wildman–Crippen LogP) is 4.27. The first kappa shape index (κ1) is 14.2. The van der Waals surface area contributed by atoms with Gasteiger partial charge in [0.1, 0.15) is 11.5 Å². The Morgan fingerprint density at radius 2 is 1.95 bits per heavy atom. The standard InChI is InChI=1S/C14H10BrNO4/c1-9-2-3-11(15)7-14(9)20-13-5-4-12(16(18)19)6-10(13)8-17/h2-8H,1H3. The number of aryl methyl sites for hydroxylation is 1. The summed E-state index contributed by atoms with van der Waals surface area (Å²) in [6.07, 6.45) is 0.537. The normalized spacial score (nSPS) is 10.1. The van der Waals surface area contributed by atoms with E-state index in [0.717, 1.165) is 10.0 Å². The molecule has 5 nitrogen and oxygen atoms in total. The van der Waals surface area contributed by atoms with E-state index < -0.39 is 4.92 Å². The maximum absolute atomic E-state index is 11.0. The number of nitrogens with zero attached hydrogens (tertiary/aromatic N) is 1. The van der Waals surface area contributed by atoms with Crippen molar-refractivity contribution in [3.63, 3.8) is 0 Å². The Hall–Kier alpha value is -2.21. The van der Waals surface area contributed by atoms with Crippen molar-refractivity contribution in [2.45, 2.75) is 6.92 Å². The molecule has 0 aliphatic heterocycles. The molecule has 0 bridgehead atoms. The molecule has 0 saturated heterocycles. The molecule has 0 spiro atoms. The van der Waals surface area contributed by atoms with Gasteiger partial charge in [0, 0.05) is 16.6 Å². The number of rotatable bonds is 4. The first-order valence-corrected chi connectivity index (χ1v) is 6.48. The molecule has 6 heteroatoms. The molecule has 0 fully saturated rings. The van der Waals surface area contributed by atoms with Crippen LogP contribution in [0.25, 0.3) is 0 Å². The Bertz CT molecular complexity index is 685. The van der Waals surface area contributed by atoms with Crippen molar-refractivity contribution >= 4 is 27.9 Å². The van der Waals surface area contributed by atoms with E-state index in [2.05, 4.69) is 15.9 Å². The maximum atomic E-state index is 11.0. The molecule has 0 unspecified atom stereocenters. The topological polar surface area (TPSA) is 69.4 Å². The van der Waals surface area contributed by atoms with E-state index in [0.29, 0.717) is 12.0 Å². The Kier molecular flexibility index (Phi) is 4.14. The summed E-state index contributed by atoms with van der Waals surface area (Å²) in [5.41, 5.74) is 0.882. The van der Waals surface area contributed by atoms with Gasteiger partial charge in [0.2, 0.25) is 0 Å². The van der Waals surface area contributed by atoms with Gasteiger partial charge in [-0.15, -0.1) is 0 Å². The fourth-order valence-electron chi connectivity index (χ4n) is 1.64. The van der Waals surface area contributed by atoms with Gasteiger partial charge in [-0.2, -0.15) is 0 Å². The number of benzene rings is 2. The van der Waals surface area contributed by atoms with Crippen LogP contribution in [-0.2, 0) is 0 Å². The predicted molar refractivity (Wildman–Crippen MR) is 77.4 cm³/mol. The Labute approximate surface area is 123 Å². The summed E-state index contributed by atoms with van der Waals surface area (Å²) in [7, 11) is 0. The smallest absolute Gasteiger partial charge is 0.270 e. The van der Waals surface area contributed by atoms with E-state index in [9.17, 15) is 14.9 Å². The lowest BCUT2D eigenvalue weighted by Gasteiger charge is -2.10. The van der Waals surface area contributed by atoms with E-state index in [1.54, 1.807) is 6.07 Å². The molecule has 0 aliphatic carbocycles. The summed E-state index contributed by atoms with van der Waals surface area (Å²) in [6.45, 7) is 1.87. The minimum atomic E-state index is -0.554. The van der Waals surface area contributed by atoms with Gasteiger partial charge >= 0.3 is 0 Å². The zero-order chi connectivity index (χ0) is 14.7. The zero-order valence-electron chi connectivity index (χ0n) is 10.5. The molecule has 0 amide bonds. The Morgan fingerprint density at radius 1 is 1.20 bits per heavy atom. The van der Waals surface area contributed by atoms with Crippen molar-refractivity contribution in [2.75, 3.05) is 0 Å². The van der Waals surface area contributed by atoms with E-state index in [1.807, 2.05) is 19.1 Å². The second-order valence-corrected chi connectivity index (χ2v) is 5.02. The van der Waals surface area contributed by atoms with E-state index in [-0.39, 0.29) is 17.0 Å². The summed E-state index contributed by atoms with van der Waals surface area (Å²) in [6, 6.07) is 9.42. The van der Waals surface area contributed by atoms with Crippen LogP contribution in [0.2, 0.25) is 0 Å². The van der Waals surface area contributed by atoms with Crippen molar-refractivity contribution in [1.82, 2.24) is 0 Å². The number of halogens is 1. The molecule has 0 saturated carbocycles. The maximum Gasteiger partial charge on any atom is 0.270 e. The average Bonchev–Trinajstić information content (AvgIpc) is 2.43. The SMILES string of the molecule is Cc1ccc(Br)cc1Oc1ccc([N+](=O)[O-])cc1C=O. The third-order valence-corrected chi connectivity index (χ3v) is 3.19. The van der Waals surface area contributed by atoms with Gasteiger partial charge in [0.05, 0.1) is 10.5 Å². The van der Waals surface area contributed by atoms with Gasteiger partial charge in [-0.05, 0) is 30.7 Å². The number of non-ortho nitro benzene ring substituents is 1. The molecule has 2 aromatic rings. The molecule has 102 valence electrons. The van der Waals surface area contributed by atoms with E-state index >= 15 is 0 Å². The number of hydrogen-bond acceptors (Lipinski definition) is 4. The number of hydrogen-bond donors (Lipinski definition) is 0. The minimum absolute atomic E-state index is 0.138. The first-order chi connectivity index (χ1) is 9.51. The van der Waals surface area contributed by atoms with Crippen LogP contribution >= 0.6 is 15.9 Å². The average molecular weight is 336 g/mol. The van der Waals surface area contributed by atoms with Crippen molar-refractivity contribution in [3.05, 3.63) is 62.1 Å². The van der Waals surface area contributed by atoms with Crippen LogP contribution in [0.5, 0.6) is 11.5 Å². The highest BCUT2D eigenvalue weighted by atomic mass is 79.9. The van der Waals surface area contributed by atoms with Crippen LogP contribution in [-0.4, -0.2) is 11.2 Å². The second kappa shape index (κ2) is 5.83. The number of carbonyl (C=O) groups is 1. The van der Waals surface area contributed by atoms with Gasteiger partial charge in [-0.3, -0.25) is 14.9 Å². The lowest BCUT2D eigenvalue weighted by Crippen LogP contribution is -1.95. The third-order valence-electron chi connectivity index (χ3n) is 2.70. The van der Waals surface area contributed by atoms with Crippen LogP contribution in [0.3, 0.4) is 0 Å². The van der Waals surface area contributed by atoms with Crippen LogP contribution in [0, 0.1) is 17.0 Å². The molecular formula is C14H10BrNO4. The molecule has 20 heavy (non-hydrogen) atoms. The van der Waals surface area contributed by atoms with Crippen LogP contribution in [0.4, 0.5) is 5.69 Å². The highest BCUT2D eigenvalue weighted by Crippen LogP contribution is 2.31. The van der Waals surface area contributed by atoms with Gasteiger partial charge in [0.15, 0.2) is 6.29 Å². The van der Waals surface area contributed by atoms with Gasteiger partial charge in [-0.25, -0.2) is 0 Å². The zero-order valence-corrected chi connectivity index (χ0v) is 12.1. The number of nitro groups is 1. The molecule has 0 heterocycles. The summed E-state index contributed by atoms with van der Waals surface area (Å²) < 4.78 is 6.50. The number of carbonyl (C=O) groups excluding carboxylic acids is 1. The summed E-state index contributed by atoms with van der Waals surface area (Å²) in [5, 5.41) is 10.7. The summed E-state index contributed by atoms with van der Waals surface area (Å²) in [4.78, 5) is 21.2. The van der Waals surface area contributed by atoms with Crippen LogP contribution < -0.4 is 4.74 Å². The highest BCUT2D eigenvalue weighted by Gasteiger charge is 2.12. The van der Waals surface area contributed by atoms with Crippen molar-refractivity contribution in [3.8, 4) is 11.5 Å². The molecule has 0 atom stereocenters. The van der Waals surface area contributed by atoms with Crippen LogP contribution in [0.1, 0.15) is 15.9 Å². The molecule has 0 N–H and O–H groups in total. The quantitative estimate of drug-likeness (QED) is 0.475. The number of aldehydes is 1. The lowest BCUT2D eigenvalue weighted by molar-refractivity contribution is -0.384. The van der Waals surface area contributed by atoms with Crippen molar-refractivity contribution < 1.29 is 14.5 Å². The van der Waals surface area contributed by atoms with Gasteiger partial charge < -0.3 is 4.74 Å². The molecule has 0 radical (unpaired) electrons. The van der Waals surface area contributed by atoms with Crippen molar-refractivity contribution in [2.24, 2.45) is 0 Å². The summed E-state index contributed by atoms with van der Waals surface area (Å²) >= 11 is 3.34.